The Balaban J connectivity index is 1.50. The zero-order valence-corrected chi connectivity index (χ0v) is 15.5. The summed E-state index contributed by atoms with van der Waals surface area (Å²) >= 11 is 0. The fourth-order valence-electron chi connectivity index (χ4n) is 3.64. The number of aromatic nitrogens is 5. The van der Waals surface area contributed by atoms with Crippen molar-refractivity contribution in [1.82, 2.24) is 29.4 Å². The summed E-state index contributed by atoms with van der Waals surface area (Å²) in [5.41, 5.74) is 2.11. The van der Waals surface area contributed by atoms with Crippen LogP contribution in [-0.4, -0.2) is 48.4 Å². The third-order valence-electron chi connectivity index (χ3n) is 4.96. The molecule has 0 atom stereocenters. The van der Waals surface area contributed by atoms with E-state index >= 15 is 0 Å². The van der Waals surface area contributed by atoms with Crippen molar-refractivity contribution in [2.24, 2.45) is 0 Å². The number of piperidine rings is 1. The van der Waals surface area contributed by atoms with Crippen LogP contribution in [0.2, 0.25) is 0 Å². The van der Waals surface area contributed by atoms with Crippen molar-refractivity contribution in [2.75, 3.05) is 13.1 Å². The topological polar surface area (TPSA) is 68.8 Å². The molecule has 1 amide bonds. The minimum Gasteiger partial charge on any atom is -0.343 e. The Hall–Kier alpha value is -2.18. The average molecular weight is 344 g/mol. The molecular formula is C18H28N6O. The lowest BCUT2D eigenvalue weighted by atomic mass is 9.95. The first-order valence-electron chi connectivity index (χ1n) is 9.25. The van der Waals surface area contributed by atoms with E-state index in [4.69, 9.17) is 0 Å². The van der Waals surface area contributed by atoms with Gasteiger partial charge in [-0.25, -0.2) is 0 Å². The molecule has 2 aromatic rings. The largest absolute Gasteiger partial charge is 0.343 e. The molecule has 1 aliphatic rings. The third-order valence-corrected chi connectivity index (χ3v) is 4.96. The van der Waals surface area contributed by atoms with Gasteiger partial charge in [0.25, 0.3) is 0 Å². The lowest BCUT2D eigenvalue weighted by Gasteiger charge is -2.31. The summed E-state index contributed by atoms with van der Waals surface area (Å²) in [5.74, 6) is 1.71. The van der Waals surface area contributed by atoms with E-state index in [0.717, 1.165) is 56.1 Å². The van der Waals surface area contributed by atoms with Crippen LogP contribution in [-0.2, 0) is 17.9 Å². The van der Waals surface area contributed by atoms with Gasteiger partial charge >= 0.3 is 0 Å². The number of carbonyl (C=O) groups is 1. The number of carbonyl (C=O) groups excluding carboxylic acids is 1. The lowest BCUT2D eigenvalue weighted by molar-refractivity contribution is -0.132. The smallest absolute Gasteiger partial charge is 0.224 e. The molecule has 25 heavy (non-hydrogen) atoms. The molecule has 1 aliphatic heterocycles. The van der Waals surface area contributed by atoms with E-state index in [1.165, 1.54) is 0 Å². The number of amides is 1. The van der Waals surface area contributed by atoms with E-state index in [0.29, 0.717) is 18.9 Å². The van der Waals surface area contributed by atoms with Crippen LogP contribution in [0.4, 0.5) is 0 Å². The second-order valence-electron chi connectivity index (χ2n) is 6.94. The van der Waals surface area contributed by atoms with Crippen LogP contribution in [0.5, 0.6) is 0 Å². The van der Waals surface area contributed by atoms with Crippen molar-refractivity contribution >= 4 is 5.91 Å². The minimum atomic E-state index is 0.223. The molecule has 2 aromatic heterocycles. The maximum Gasteiger partial charge on any atom is 0.224 e. The number of nitrogens with zero attached hydrogens (tertiary/aromatic N) is 6. The molecule has 0 aliphatic carbocycles. The van der Waals surface area contributed by atoms with Crippen LogP contribution in [0.15, 0.2) is 12.4 Å². The summed E-state index contributed by atoms with van der Waals surface area (Å²) in [7, 11) is 0. The predicted octanol–water partition coefficient (Wildman–Crippen LogP) is 2.30. The highest BCUT2D eigenvalue weighted by atomic mass is 16.2. The van der Waals surface area contributed by atoms with Gasteiger partial charge in [0.1, 0.15) is 12.2 Å². The van der Waals surface area contributed by atoms with Gasteiger partial charge in [0.05, 0.1) is 5.69 Å². The van der Waals surface area contributed by atoms with E-state index in [2.05, 4.69) is 26.8 Å². The Labute approximate surface area is 149 Å². The molecule has 0 saturated carbocycles. The van der Waals surface area contributed by atoms with Crippen molar-refractivity contribution in [2.45, 2.75) is 65.5 Å². The van der Waals surface area contributed by atoms with Crippen molar-refractivity contribution in [1.29, 1.82) is 0 Å². The maximum atomic E-state index is 12.5. The van der Waals surface area contributed by atoms with Gasteiger partial charge in [-0.05, 0) is 39.2 Å². The highest BCUT2D eigenvalue weighted by molar-refractivity contribution is 5.76. The van der Waals surface area contributed by atoms with Gasteiger partial charge in [-0.2, -0.15) is 5.10 Å². The number of aryl methyl sites for hydroxylation is 4. The van der Waals surface area contributed by atoms with Crippen molar-refractivity contribution in [3.05, 3.63) is 29.6 Å². The molecule has 0 bridgehead atoms. The van der Waals surface area contributed by atoms with E-state index in [-0.39, 0.29) is 5.91 Å². The molecule has 1 fully saturated rings. The molecule has 0 N–H and O–H groups in total. The monoisotopic (exact) mass is 344 g/mol. The molecule has 7 nitrogen and oxygen atoms in total. The molecule has 136 valence electrons. The van der Waals surface area contributed by atoms with Crippen molar-refractivity contribution < 1.29 is 4.79 Å². The van der Waals surface area contributed by atoms with Crippen LogP contribution in [0.25, 0.3) is 0 Å². The molecule has 0 radical (unpaired) electrons. The fourth-order valence-corrected chi connectivity index (χ4v) is 3.64. The first kappa shape index (κ1) is 17.6. The zero-order valence-electron chi connectivity index (χ0n) is 15.5. The number of likely N-dealkylation sites (tertiary alicyclic amines) is 1. The van der Waals surface area contributed by atoms with Gasteiger partial charge in [0.15, 0.2) is 0 Å². The molecule has 3 heterocycles. The fraction of sp³-hybridized carbons (Fsp3) is 0.667. The van der Waals surface area contributed by atoms with Crippen LogP contribution in [0.3, 0.4) is 0 Å². The van der Waals surface area contributed by atoms with Crippen LogP contribution in [0, 0.1) is 13.8 Å². The second kappa shape index (κ2) is 7.80. The normalized spacial score (nSPS) is 15.7. The molecule has 0 aromatic carbocycles. The summed E-state index contributed by atoms with van der Waals surface area (Å²) in [4.78, 5) is 14.5. The summed E-state index contributed by atoms with van der Waals surface area (Å²) in [6, 6.07) is 2.04. The first-order chi connectivity index (χ1) is 12.1. The Morgan fingerprint density at radius 3 is 2.64 bits per heavy atom. The van der Waals surface area contributed by atoms with Gasteiger partial charge < -0.3 is 9.47 Å². The summed E-state index contributed by atoms with van der Waals surface area (Å²) in [5, 5.41) is 12.8. The van der Waals surface area contributed by atoms with E-state index < -0.39 is 0 Å². The SMILES string of the molecule is CCCn1cnnc1C1CCN(C(=O)CCn2nc(C)cc2C)CC1. The lowest BCUT2D eigenvalue weighted by Crippen LogP contribution is -2.38. The van der Waals surface area contributed by atoms with Gasteiger partial charge in [-0.1, -0.05) is 6.92 Å². The first-order valence-corrected chi connectivity index (χ1v) is 9.25. The second-order valence-corrected chi connectivity index (χ2v) is 6.94. The van der Waals surface area contributed by atoms with Crippen LogP contribution in [0.1, 0.15) is 55.7 Å². The van der Waals surface area contributed by atoms with Crippen molar-refractivity contribution in [3.63, 3.8) is 0 Å². The average Bonchev–Trinajstić information content (AvgIpc) is 3.19. The third kappa shape index (κ3) is 4.08. The van der Waals surface area contributed by atoms with E-state index in [1.54, 1.807) is 0 Å². The summed E-state index contributed by atoms with van der Waals surface area (Å²) in [6.07, 6.45) is 5.35. The summed E-state index contributed by atoms with van der Waals surface area (Å²) < 4.78 is 4.08. The highest BCUT2D eigenvalue weighted by Crippen LogP contribution is 2.27. The highest BCUT2D eigenvalue weighted by Gasteiger charge is 2.26. The molecular weight excluding hydrogens is 316 g/mol. The standard InChI is InChI=1S/C18H28N6O/c1-4-8-23-13-19-20-18(23)16-5-9-22(10-6-16)17(25)7-11-24-15(3)12-14(2)21-24/h12-13,16H,4-11H2,1-3H3. The Morgan fingerprint density at radius 1 is 1.24 bits per heavy atom. The maximum absolute atomic E-state index is 12.5. The number of hydrogen-bond donors (Lipinski definition) is 0. The summed E-state index contributed by atoms with van der Waals surface area (Å²) in [6.45, 7) is 9.40. The van der Waals surface area contributed by atoms with Gasteiger partial charge in [0, 0.05) is 44.2 Å². The zero-order chi connectivity index (χ0) is 17.8. The van der Waals surface area contributed by atoms with E-state index in [1.807, 2.05) is 35.8 Å². The molecule has 3 rings (SSSR count). The van der Waals surface area contributed by atoms with Crippen molar-refractivity contribution in [3.8, 4) is 0 Å². The van der Waals surface area contributed by atoms with Gasteiger partial charge in [0.2, 0.25) is 5.91 Å². The minimum absolute atomic E-state index is 0.223. The predicted molar refractivity (Wildman–Crippen MR) is 95.2 cm³/mol. The van der Waals surface area contributed by atoms with Crippen LogP contribution < -0.4 is 0 Å². The molecule has 0 spiro atoms. The Bertz CT molecular complexity index is 711. The van der Waals surface area contributed by atoms with E-state index in [9.17, 15) is 4.79 Å². The molecule has 7 heteroatoms. The quantitative estimate of drug-likeness (QED) is 0.806. The molecule has 1 saturated heterocycles. The Kier molecular flexibility index (Phi) is 5.50. The van der Waals surface area contributed by atoms with Crippen LogP contribution >= 0.6 is 0 Å². The van der Waals surface area contributed by atoms with Gasteiger partial charge in [-0.3, -0.25) is 9.48 Å². The van der Waals surface area contributed by atoms with Gasteiger partial charge in [-0.15, -0.1) is 10.2 Å². The number of rotatable bonds is 6. The Morgan fingerprint density at radius 2 is 2.00 bits per heavy atom. The molecule has 0 unspecified atom stereocenters. The number of hydrogen-bond acceptors (Lipinski definition) is 4.